The molecule has 92 valence electrons. The second-order valence-electron chi connectivity index (χ2n) is 5.11. The van der Waals surface area contributed by atoms with E-state index in [1.807, 2.05) is 25.1 Å². The molecule has 2 heteroatoms. The van der Waals surface area contributed by atoms with Crippen molar-refractivity contribution in [2.45, 2.75) is 45.6 Å². The van der Waals surface area contributed by atoms with Crippen LogP contribution in [0.5, 0.6) is 5.75 Å². The number of carbonyl (C=O) groups excluding carboxylic acids is 1. The Balaban J connectivity index is 2.10. The summed E-state index contributed by atoms with van der Waals surface area (Å²) in [5.41, 5.74) is 1.72. The Hall–Kier alpha value is -1.31. The summed E-state index contributed by atoms with van der Waals surface area (Å²) in [6, 6.07) is 5.71. The molecule has 1 aliphatic rings. The molecule has 0 heterocycles. The zero-order valence-corrected chi connectivity index (χ0v) is 10.6. The molecule has 1 fully saturated rings. The van der Waals surface area contributed by atoms with Crippen molar-refractivity contribution in [1.29, 1.82) is 0 Å². The third-order valence-electron chi connectivity index (χ3n) is 3.62. The summed E-state index contributed by atoms with van der Waals surface area (Å²) in [5.74, 6) is 1.60. The van der Waals surface area contributed by atoms with E-state index in [9.17, 15) is 4.79 Å². The largest absolute Gasteiger partial charge is 0.489 e. The van der Waals surface area contributed by atoms with Gasteiger partial charge in [-0.3, -0.25) is 4.79 Å². The van der Waals surface area contributed by atoms with Crippen LogP contribution in [0.15, 0.2) is 18.2 Å². The van der Waals surface area contributed by atoms with Crippen molar-refractivity contribution >= 4 is 6.29 Å². The van der Waals surface area contributed by atoms with Gasteiger partial charge in [0.25, 0.3) is 0 Å². The van der Waals surface area contributed by atoms with Crippen molar-refractivity contribution in [3.05, 3.63) is 29.3 Å². The molecule has 0 aliphatic heterocycles. The molecular weight excluding hydrogens is 212 g/mol. The van der Waals surface area contributed by atoms with Gasteiger partial charge in [-0.05, 0) is 50.2 Å². The fraction of sp³-hybridized carbons (Fsp3) is 0.533. The van der Waals surface area contributed by atoms with E-state index in [0.29, 0.717) is 5.56 Å². The SMILES string of the molecule is Cc1cccc(C=O)c1OC1CCC(C)CC1. The van der Waals surface area contributed by atoms with Gasteiger partial charge in [-0.25, -0.2) is 0 Å². The second kappa shape index (κ2) is 5.35. The van der Waals surface area contributed by atoms with Crippen LogP contribution in [0.1, 0.15) is 48.5 Å². The van der Waals surface area contributed by atoms with Crippen molar-refractivity contribution in [3.8, 4) is 5.75 Å². The molecule has 1 aromatic carbocycles. The van der Waals surface area contributed by atoms with Gasteiger partial charge >= 0.3 is 0 Å². The van der Waals surface area contributed by atoms with E-state index in [1.165, 1.54) is 12.8 Å². The first kappa shape index (κ1) is 12.2. The predicted molar refractivity (Wildman–Crippen MR) is 68.6 cm³/mol. The zero-order chi connectivity index (χ0) is 12.3. The molecule has 0 radical (unpaired) electrons. The highest BCUT2D eigenvalue weighted by atomic mass is 16.5. The van der Waals surface area contributed by atoms with E-state index in [2.05, 4.69) is 6.92 Å². The average Bonchev–Trinajstić information content (AvgIpc) is 2.34. The van der Waals surface area contributed by atoms with Crippen molar-refractivity contribution in [3.63, 3.8) is 0 Å². The number of rotatable bonds is 3. The minimum Gasteiger partial charge on any atom is -0.489 e. The summed E-state index contributed by atoms with van der Waals surface area (Å²) in [4.78, 5) is 11.0. The molecule has 1 aliphatic carbocycles. The number of carbonyl (C=O) groups is 1. The van der Waals surface area contributed by atoms with E-state index >= 15 is 0 Å². The van der Waals surface area contributed by atoms with Crippen LogP contribution in [-0.4, -0.2) is 12.4 Å². The lowest BCUT2D eigenvalue weighted by Crippen LogP contribution is -2.23. The first-order valence-electron chi connectivity index (χ1n) is 6.42. The Labute approximate surface area is 103 Å². The number of hydrogen-bond donors (Lipinski definition) is 0. The fourth-order valence-electron chi connectivity index (χ4n) is 2.44. The van der Waals surface area contributed by atoms with Crippen LogP contribution in [-0.2, 0) is 0 Å². The van der Waals surface area contributed by atoms with Crippen LogP contribution in [0, 0.1) is 12.8 Å². The van der Waals surface area contributed by atoms with E-state index in [4.69, 9.17) is 4.74 Å². The van der Waals surface area contributed by atoms with Gasteiger partial charge in [-0.15, -0.1) is 0 Å². The third-order valence-corrected chi connectivity index (χ3v) is 3.62. The number of aldehydes is 1. The van der Waals surface area contributed by atoms with Crippen molar-refractivity contribution in [2.24, 2.45) is 5.92 Å². The van der Waals surface area contributed by atoms with Gasteiger partial charge < -0.3 is 4.74 Å². The molecule has 0 spiro atoms. The molecule has 2 rings (SSSR count). The third kappa shape index (κ3) is 2.87. The van der Waals surface area contributed by atoms with E-state index in [0.717, 1.165) is 36.4 Å². The molecule has 0 amide bonds. The van der Waals surface area contributed by atoms with Gasteiger partial charge in [0.05, 0.1) is 11.7 Å². The van der Waals surface area contributed by atoms with E-state index in [-0.39, 0.29) is 6.10 Å². The number of hydrogen-bond acceptors (Lipinski definition) is 2. The van der Waals surface area contributed by atoms with Crippen molar-refractivity contribution < 1.29 is 9.53 Å². The van der Waals surface area contributed by atoms with Crippen LogP contribution >= 0.6 is 0 Å². The van der Waals surface area contributed by atoms with Crippen LogP contribution in [0.25, 0.3) is 0 Å². The molecule has 0 aromatic heterocycles. The fourth-order valence-corrected chi connectivity index (χ4v) is 2.44. The summed E-state index contributed by atoms with van der Waals surface area (Å²) in [7, 11) is 0. The average molecular weight is 232 g/mol. The maximum absolute atomic E-state index is 11.0. The van der Waals surface area contributed by atoms with Gasteiger partial charge in [-0.2, -0.15) is 0 Å². The first-order valence-corrected chi connectivity index (χ1v) is 6.42. The normalized spacial score (nSPS) is 24.4. The van der Waals surface area contributed by atoms with E-state index < -0.39 is 0 Å². The maximum Gasteiger partial charge on any atom is 0.153 e. The number of ether oxygens (including phenoxy) is 1. The standard InChI is InChI=1S/C15H20O2/c1-11-6-8-14(9-7-11)17-15-12(2)4-3-5-13(15)10-16/h3-5,10-11,14H,6-9H2,1-2H3. The Bertz CT molecular complexity index is 390. The van der Waals surface area contributed by atoms with Crippen LogP contribution in [0.3, 0.4) is 0 Å². The summed E-state index contributed by atoms with van der Waals surface area (Å²) in [5, 5.41) is 0. The molecular formula is C15H20O2. The number of benzene rings is 1. The topological polar surface area (TPSA) is 26.3 Å². The minimum atomic E-state index is 0.283. The number of aryl methyl sites for hydroxylation is 1. The Morgan fingerprint density at radius 3 is 2.59 bits per heavy atom. The minimum absolute atomic E-state index is 0.283. The summed E-state index contributed by atoms with van der Waals surface area (Å²) < 4.78 is 6.03. The zero-order valence-electron chi connectivity index (χ0n) is 10.6. The van der Waals surface area contributed by atoms with Gasteiger partial charge in [0.1, 0.15) is 5.75 Å². The summed E-state index contributed by atoms with van der Waals surface area (Å²) in [6.07, 6.45) is 5.83. The molecule has 1 aromatic rings. The lowest BCUT2D eigenvalue weighted by atomic mass is 9.89. The molecule has 1 saturated carbocycles. The molecule has 0 atom stereocenters. The molecule has 0 bridgehead atoms. The van der Waals surface area contributed by atoms with Crippen molar-refractivity contribution in [1.82, 2.24) is 0 Å². The molecule has 0 unspecified atom stereocenters. The predicted octanol–water partition coefficient (Wildman–Crippen LogP) is 3.77. The number of para-hydroxylation sites is 1. The second-order valence-corrected chi connectivity index (χ2v) is 5.11. The summed E-state index contributed by atoms with van der Waals surface area (Å²) >= 11 is 0. The van der Waals surface area contributed by atoms with Crippen LogP contribution in [0.4, 0.5) is 0 Å². The highest BCUT2D eigenvalue weighted by molar-refractivity contribution is 5.80. The van der Waals surface area contributed by atoms with Crippen LogP contribution < -0.4 is 4.74 Å². The molecule has 17 heavy (non-hydrogen) atoms. The van der Waals surface area contributed by atoms with Gasteiger partial charge in [0, 0.05) is 0 Å². The molecule has 0 N–H and O–H groups in total. The first-order chi connectivity index (χ1) is 8.20. The summed E-state index contributed by atoms with van der Waals surface area (Å²) in [6.45, 7) is 4.29. The Morgan fingerprint density at radius 2 is 1.94 bits per heavy atom. The van der Waals surface area contributed by atoms with Gasteiger partial charge in [0.15, 0.2) is 6.29 Å². The van der Waals surface area contributed by atoms with Crippen molar-refractivity contribution in [2.75, 3.05) is 0 Å². The lowest BCUT2D eigenvalue weighted by Gasteiger charge is -2.27. The smallest absolute Gasteiger partial charge is 0.153 e. The highest BCUT2D eigenvalue weighted by Crippen LogP contribution is 2.30. The van der Waals surface area contributed by atoms with Gasteiger partial charge in [-0.1, -0.05) is 19.1 Å². The Morgan fingerprint density at radius 1 is 1.24 bits per heavy atom. The Kier molecular flexibility index (Phi) is 3.82. The molecule has 0 saturated heterocycles. The van der Waals surface area contributed by atoms with E-state index in [1.54, 1.807) is 0 Å². The molecule has 2 nitrogen and oxygen atoms in total. The highest BCUT2D eigenvalue weighted by Gasteiger charge is 2.21. The maximum atomic E-state index is 11.0. The lowest BCUT2D eigenvalue weighted by molar-refractivity contribution is 0.110. The van der Waals surface area contributed by atoms with Crippen LogP contribution in [0.2, 0.25) is 0 Å². The van der Waals surface area contributed by atoms with Gasteiger partial charge in [0.2, 0.25) is 0 Å². The quantitative estimate of drug-likeness (QED) is 0.742. The monoisotopic (exact) mass is 232 g/mol.